The molecule has 0 saturated carbocycles. The molecule has 4 rings (SSSR count). The van der Waals surface area contributed by atoms with Crippen molar-refractivity contribution in [2.75, 3.05) is 56.5 Å². The SMILES string of the molecule is C=NN(c1ccc(C2CCCCOCC2)cc1)c1nc(Nc2ccc(OCC(O)CN(C)C)cc2)ncc1N. The predicted octanol–water partition coefficient (Wildman–Crippen LogP) is 4.53. The fourth-order valence-corrected chi connectivity index (χ4v) is 4.60. The zero-order valence-corrected chi connectivity index (χ0v) is 22.8. The summed E-state index contributed by atoms with van der Waals surface area (Å²) in [6.07, 6.45) is 5.48. The lowest BCUT2D eigenvalue weighted by Gasteiger charge is -2.22. The molecule has 1 fully saturated rings. The lowest BCUT2D eigenvalue weighted by Crippen LogP contribution is -2.30. The van der Waals surface area contributed by atoms with Gasteiger partial charge in [0.1, 0.15) is 18.5 Å². The van der Waals surface area contributed by atoms with E-state index in [4.69, 9.17) is 15.2 Å². The summed E-state index contributed by atoms with van der Waals surface area (Å²) in [7, 11) is 3.81. The number of aliphatic hydroxyl groups excluding tert-OH is 1. The molecule has 2 aromatic carbocycles. The second kappa shape index (κ2) is 13.9. The first-order valence-corrected chi connectivity index (χ1v) is 13.3. The highest BCUT2D eigenvalue weighted by Crippen LogP contribution is 2.33. The average molecular weight is 534 g/mol. The van der Waals surface area contributed by atoms with Gasteiger partial charge in [0.15, 0.2) is 5.82 Å². The van der Waals surface area contributed by atoms with Crippen molar-refractivity contribution in [3.05, 3.63) is 60.3 Å². The summed E-state index contributed by atoms with van der Waals surface area (Å²) >= 11 is 0. The summed E-state index contributed by atoms with van der Waals surface area (Å²) in [5.41, 5.74) is 9.51. The number of nitrogen functional groups attached to an aromatic ring is 1. The van der Waals surface area contributed by atoms with Gasteiger partial charge in [-0.25, -0.2) is 9.99 Å². The zero-order chi connectivity index (χ0) is 27.6. The molecule has 3 aromatic rings. The number of hydrazone groups is 1. The van der Waals surface area contributed by atoms with Gasteiger partial charge in [-0.3, -0.25) is 0 Å². The van der Waals surface area contributed by atoms with Crippen LogP contribution in [0.25, 0.3) is 0 Å². The number of nitrogens with zero attached hydrogens (tertiary/aromatic N) is 5. The number of likely N-dealkylation sites (N-methyl/N-ethyl adjacent to an activating group) is 1. The number of nitrogens with two attached hydrogens (primary N) is 1. The molecule has 2 atom stereocenters. The number of hydrogen-bond acceptors (Lipinski definition) is 10. The molecule has 1 aromatic heterocycles. The molecule has 1 aliphatic heterocycles. The van der Waals surface area contributed by atoms with Crippen LogP contribution >= 0.6 is 0 Å². The molecule has 0 spiro atoms. The van der Waals surface area contributed by atoms with Crippen molar-refractivity contribution in [2.45, 2.75) is 37.7 Å². The van der Waals surface area contributed by atoms with Gasteiger partial charge in [0.2, 0.25) is 5.95 Å². The zero-order valence-electron chi connectivity index (χ0n) is 22.8. The Bertz CT molecular complexity index is 1180. The topological polar surface area (TPSA) is 121 Å². The van der Waals surface area contributed by atoms with Gasteiger partial charge in [-0.15, -0.1) is 0 Å². The molecule has 10 heteroatoms. The van der Waals surface area contributed by atoms with Crippen molar-refractivity contribution < 1.29 is 14.6 Å². The van der Waals surface area contributed by atoms with Gasteiger partial charge in [-0.05, 0) is 81.2 Å². The summed E-state index contributed by atoms with van der Waals surface area (Å²) in [4.78, 5) is 10.9. The van der Waals surface area contributed by atoms with E-state index in [0.29, 0.717) is 35.7 Å². The van der Waals surface area contributed by atoms with E-state index in [0.717, 1.165) is 37.4 Å². The Morgan fingerprint density at radius 2 is 1.90 bits per heavy atom. The third-order valence-electron chi connectivity index (χ3n) is 6.58. The van der Waals surface area contributed by atoms with Crippen LogP contribution in [0.1, 0.15) is 37.2 Å². The molecule has 2 heterocycles. The number of hydrogen-bond donors (Lipinski definition) is 3. The van der Waals surface area contributed by atoms with Gasteiger partial charge >= 0.3 is 0 Å². The van der Waals surface area contributed by atoms with Gasteiger partial charge in [0.05, 0.1) is 17.6 Å². The molecule has 208 valence electrons. The van der Waals surface area contributed by atoms with E-state index in [9.17, 15) is 5.11 Å². The third-order valence-corrected chi connectivity index (χ3v) is 6.58. The largest absolute Gasteiger partial charge is 0.491 e. The second-order valence-electron chi connectivity index (χ2n) is 9.99. The molecule has 0 bridgehead atoms. The number of aromatic nitrogens is 2. The fourth-order valence-electron chi connectivity index (χ4n) is 4.60. The number of aliphatic hydroxyl groups is 1. The van der Waals surface area contributed by atoms with Crippen LogP contribution in [-0.2, 0) is 4.74 Å². The van der Waals surface area contributed by atoms with E-state index in [2.05, 4.69) is 39.2 Å². The molecular weight excluding hydrogens is 494 g/mol. The molecule has 4 N–H and O–H groups in total. The Morgan fingerprint density at radius 3 is 2.62 bits per heavy atom. The van der Waals surface area contributed by atoms with Crippen LogP contribution in [-0.4, -0.2) is 73.3 Å². The molecule has 0 aliphatic carbocycles. The lowest BCUT2D eigenvalue weighted by atomic mass is 9.90. The average Bonchev–Trinajstić information content (AvgIpc) is 2.90. The maximum Gasteiger partial charge on any atom is 0.229 e. The molecule has 0 amide bonds. The van der Waals surface area contributed by atoms with E-state index in [1.54, 1.807) is 11.2 Å². The van der Waals surface area contributed by atoms with Crippen LogP contribution in [0.3, 0.4) is 0 Å². The Labute approximate surface area is 230 Å². The normalized spacial score (nSPS) is 16.7. The van der Waals surface area contributed by atoms with Gasteiger partial charge < -0.3 is 30.5 Å². The highest BCUT2D eigenvalue weighted by atomic mass is 16.5. The summed E-state index contributed by atoms with van der Waals surface area (Å²) in [6.45, 7) is 6.17. The monoisotopic (exact) mass is 533 g/mol. The minimum absolute atomic E-state index is 0.218. The van der Waals surface area contributed by atoms with Gasteiger partial charge in [-0.1, -0.05) is 18.6 Å². The van der Waals surface area contributed by atoms with Crippen LogP contribution in [0.4, 0.5) is 28.8 Å². The van der Waals surface area contributed by atoms with Crippen molar-refractivity contribution in [3.63, 3.8) is 0 Å². The molecule has 1 saturated heterocycles. The highest BCUT2D eigenvalue weighted by molar-refractivity contribution is 5.72. The van der Waals surface area contributed by atoms with Gasteiger partial charge in [0, 0.05) is 32.2 Å². The third kappa shape index (κ3) is 8.13. The lowest BCUT2D eigenvalue weighted by molar-refractivity contribution is 0.0831. The van der Waals surface area contributed by atoms with Crippen LogP contribution in [0.15, 0.2) is 59.8 Å². The van der Waals surface area contributed by atoms with E-state index >= 15 is 0 Å². The van der Waals surface area contributed by atoms with Crippen LogP contribution in [0.5, 0.6) is 5.75 Å². The van der Waals surface area contributed by atoms with E-state index in [1.165, 1.54) is 18.4 Å². The van der Waals surface area contributed by atoms with Crippen LogP contribution in [0.2, 0.25) is 0 Å². The first-order valence-electron chi connectivity index (χ1n) is 13.3. The number of rotatable bonds is 11. The molecule has 1 aliphatic rings. The Balaban J connectivity index is 1.43. The number of anilines is 5. The highest BCUT2D eigenvalue weighted by Gasteiger charge is 2.18. The number of nitrogens with one attached hydrogen (secondary N) is 1. The summed E-state index contributed by atoms with van der Waals surface area (Å²) < 4.78 is 11.4. The van der Waals surface area contributed by atoms with Crippen molar-refractivity contribution >= 4 is 35.5 Å². The van der Waals surface area contributed by atoms with Gasteiger partial charge in [-0.2, -0.15) is 10.1 Å². The Kier molecular flexibility index (Phi) is 10.1. The minimum Gasteiger partial charge on any atom is -0.491 e. The summed E-state index contributed by atoms with van der Waals surface area (Å²) in [6, 6.07) is 15.7. The molecule has 0 radical (unpaired) electrons. The van der Waals surface area contributed by atoms with Crippen molar-refractivity contribution in [2.24, 2.45) is 5.10 Å². The molecule has 39 heavy (non-hydrogen) atoms. The second-order valence-corrected chi connectivity index (χ2v) is 9.99. The number of ether oxygens (including phenoxy) is 2. The molecular formula is C29H39N7O3. The summed E-state index contributed by atoms with van der Waals surface area (Å²) in [5.74, 6) is 1.96. The smallest absolute Gasteiger partial charge is 0.229 e. The Morgan fingerprint density at radius 1 is 1.13 bits per heavy atom. The molecule has 10 nitrogen and oxygen atoms in total. The van der Waals surface area contributed by atoms with E-state index < -0.39 is 6.10 Å². The summed E-state index contributed by atoms with van der Waals surface area (Å²) in [5, 5.41) is 19.0. The van der Waals surface area contributed by atoms with Crippen LogP contribution < -0.4 is 20.8 Å². The van der Waals surface area contributed by atoms with E-state index in [1.807, 2.05) is 55.4 Å². The first kappa shape index (κ1) is 28.3. The molecule has 2 unspecified atom stereocenters. The maximum absolute atomic E-state index is 9.99. The van der Waals surface area contributed by atoms with E-state index in [-0.39, 0.29) is 6.61 Å². The predicted molar refractivity (Wildman–Crippen MR) is 156 cm³/mol. The quantitative estimate of drug-likeness (QED) is 0.241. The number of benzene rings is 2. The standard InChI is InChI=1S/C29H39N7O3/c1-31-36(24-11-7-22(8-12-24)21-6-4-5-16-38-17-15-21)28-27(30)18-32-29(34-28)33-23-9-13-26(14-10-23)39-20-25(37)19-35(2)3/h7-14,18,21,25,37H,1,4-6,15-17,19-20,30H2,2-3H3,(H,32,33,34). The van der Waals surface area contributed by atoms with Gasteiger partial charge in [0.25, 0.3) is 0 Å². The Hall–Kier alpha value is -3.73. The fraction of sp³-hybridized carbons (Fsp3) is 0.414. The van der Waals surface area contributed by atoms with Crippen LogP contribution in [0, 0.1) is 0 Å². The van der Waals surface area contributed by atoms with Crippen molar-refractivity contribution in [1.82, 2.24) is 14.9 Å². The maximum atomic E-state index is 9.99. The minimum atomic E-state index is -0.562. The first-order chi connectivity index (χ1) is 18.9. The van der Waals surface area contributed by atoms with Crippen molar-refractivity contribution in [1.29, 1.82) is 0 Å². The van der Waals surface area contributed by atoms with Crippen molar-refractivity contribution in [3.8, 4) is 5.75 Å².